The minimum atomic E-state index is -0.831. The van der Waals surface area contributed by atoms with Gasteiger partial charge in [-0.3, -0.25) is 9.59 Å². The van der Waals surface area contributed by atoms with Gasteiger partial charge in [0, 0.05) is 19.4 Å². The van der Waals surface area contributed by atoms with E-state index in [2.05, 4.69) is 0 Å². The molecule has 2 N–H and O–H groups in total. The highest BCUT2D eigenvalue weighted by atomic mass is 16.5. The molecule has 0 radical (unpaired) electrons. The van der Waals surface area contributed by atoms with Gasteiger partial charge in [-0.1, -0.05) is 6.42 Å². The lowest BCUT2D eigenvalue weighted by molar-refractivity contribution is -0.144. The fourth-order valence-corrected chi connectivity index (χ4v) is 1.37. The van der Waals surface area contributed by atoms with Crippen molar-refractivity contribution in [2.75, 3.05) is 13.2 Å². The molecule has 0 aromatic carbocycles. The maximum atomic E-state index is 11.2. The van der Waals surface area contributed by atoms with Crippen LogP contribution < -0.4 is 0 Å². The smallest absolute Gasteiger partial charge is 0.305 e. The molecule has 0 saturated heterocycles. The van der Waals surface area contributed by atoms with Crippen molar-refractivity contribution in [2.24, 2.45) is 0 Å². The summed E-state index contributed by atoms with van der Waals surface area (Å²) in [5.74, 6) is -1.08. The van der Waals surface area contributed by atoms with Crippen molar-refractivity contribution in [3.05, 3.63) is 0 Å². The number of carboxylic acid groups (broad SMARTS) is 1. The zero-order chi connectivity index (χ0) is 12.9. The van der Waals surface area contributed by atoms with Gasteiger partial charge in [-0.25, -0.2) is 0 Å². The van der Waals surface area contributed by atoms with Gasteiger partial charge >= 0.3 is 11.9 Å². The molecule has 0 unspecified atom stereocenters. The van der Waals surface area contributed by atoms with E-state index in [4.69, 9.17) is 14.9 Å². The minimum Gasteiger partial charge on any atom is -0.481 e. The van der Waals surface area contributed by atoms with E-state index in [-0.39, 0.29) is 19.0 Å². The second-order valence-electron chi connectivity index (χ2n) is 3.96. The first-order chi connectivity index (χ1) is 8.16. The van der Waals surface area contributed by atoms with E-state index in [0.717, 1.165) is 25.7 Å². The van der Waals surface area contributed by atoms with E-state index in [1.807, 2.05) is 0 Å². The number of aliphatic hydroxyl groups is 1. The summed E-state index contributed by atoms with van der Waals surface area (Å²) in [6.07, 6.45) is 5.00. The van der Waals surface area contributed by atoms with Crippen molar-refractivity contribution in [1.82, 2.24) is 0 Å². The lowest BCUT2D eigenvalue weighted by Gasteiger charge is -2.04. The molecular weight excluding hydrogens is 224 g/mol. The third kappa shape index (κ3) is 12.8. The molecule has 0 saturated carbocycles. The Morgan fingerprint density at radius 1 is 0.882 bits per heavy atom. The zero-order valence-corrected chi connectivity index (χ0v) is 10.2. The summed E-state index contributed by atoms with van der Waals surface area (Å²) in [5.41, 5.74) is 0. The van der Waals surface area contributed by atoms with Crippen LogP contribution in [0.4, 0.5) is 0 Å². The molecule has 0 fully saturated rings. The van der Waals surface area contributed by atoms with E-state index in [9.17, 15) is 9.59 Å². The molecule has 0 aliphatic heterocycles. The van der Waals surface area contributed by atoms with Crippen molar-refractivity contribution in [3.63, 3.8) is 0 Å². The number of hydrogen-bond donors (Lipinski definition) is 2. The van der Waals surface area contributed by atoms with Gasteiger partial charge in [-0.2, -0.15) is 0 Å². The van der Waals surface area contributed by atoms with Crippen LogP contribution in [0.15, 0.2) is 0 Å². The average Bonchev–Trinajstić information content (AvgIpc) is 2.29. The molecule has 0 heterocycles. The number of ether oxygens (including phenoxy) is 1. The lowest BCUT2D eigenvalue weighted by atomic mass is 10.2. The number of rotatable bonds is 11. The first-order valence-corrected chi connectivity index (χ1v) is 6.15. The molecule has 5 nitrogen and oxygen atoms in total. The van der Waals surface area contributed by atoms with Gasteiger partial charge < -0.3 is 14.9 Å². The van der Waals surface area contributed by atoms with Crippen molar-refractivity contribution < 1.29 is 24.5 Å². The summed E-state index contributed by atoms with van der Waals surface area (Å²) in [6, 6.07) is 0. The Morgan fingerprint density at radius 2 is 1.53 bits per heavy atom. The maximum Gasteiger partial charge on any atom is 0.305 e. The molecule has 0 aliphatic rings. The van der Waals surface area contributed by atoms with E-state index < -0.39 is 5.97 Å². The Balaban J connectivity index is 3.20. The Hall–Kier alpha value is -1.10. The van der Waals surface area contributed by atoms with Gasteiger partial charge in [0.05, 0.1) is 6.61 Å². The van der Waals surface area contributed by atoms with Crippen LogP contribution in [0.1, 0.15) is 51.4 Å². The molecule has 5 heteroatoms. The van der Waals surface area contributed by atoms with Crippen molar-refractivity contribution in [2.45, 2.75) is 51.4 Å². The van der Waals surface area contributed by atoms with E-state index >= 15 is 0 Å². The van der Waals surface area contributed by atoms with Gasteiger partial charge in [-0.05, 0) is 32.1 Å². The van der Waals surface area contributed by atoms with Crippen LogP contribution in [0.25, 0.3) is 0 Å². The average molecular weight is 246 g/mol. The number of aliphatic carboxylic acids is 1. The van der Waals surface area contributed by atoms with Gasteiger partial charge in [0.2, 0.25) is 0 Å². The predicted molar refractivity (Wildman–Crippen MR) is 62.6 cm³/mol. The Bertz CT molecular complexity index is 215. The molecule has 100 valence electrons. The quantitative estimate of drug-likeness (QED) is 0.428. The van der Waals surface area contributed by atoms with Gasteiger partial charge in [0.15, 0.2) is 0 Å². The van der Waals surface area contributed by atoms with Crippen molar-refractivity contribution in [1.29, 1.82) is 0 Å². The molecular formula is C12H22O5. The SMILES string of the molecule is O=C(O)CCCCC(=O)OCCCCCCO. The van der Waals surface area contributed by atoms with Crippen LogP contribution >= 0.6 is 0 Å². The van der Waals surface area contributed by atoms with E-state index in [0.29, 0.717) is 25.9 Å². The molecule has 0 rings (SSSR count). The van der Waals surface area contributed by atoms with Gasteiger partial charge in [0.25, 0.3) is 0 Å². The topological polar surface area (TPSA) is 83.8 Å². The fraction of sp³-hybridized carbons (Fsp3) is 0.833. The summed E-state index contributed by atoms with van der Waals surface area (Å²) in [4.78, 5) is 21.4. The Labute approximate surface area is 102 Å². The number of unbranched alkanes of at least 4 members (excludes halogenated alkanes) is 4. The second-order valence-corrected chi connectivity index (χ2v) is 3.96. The van der Waals surface area contributed by atoms with Crippen LogP contribution in [0.5, 0.6) is 0 Å². The highest BCUT2D eigenvalue weighted by Crippen LogP contribution is 2.03. The molecule has 0 amide bonds. The summed E-state index contributed by atoms with van der Waals surface area (Å²) >= 11 is 0. The molecule has 0 bridgehead atoms. The molecule has 0 spiro atoms. The second kappa shape index (κ2) is 11.4. The Morgan fingerprint density at radius 3 is 2.18 bits per heavy atom. The largest absolute Gasteiger partial charge is 0.481 e. The number of hydrogen-bond acceptors (Lipinski definition) is 4. The third-order valence-corrected chi connectivity index (χ3v) is 2.34. The number of aliphatic hydroxyl groups excluding tert-OH is 1. The highest BCUT2D eigenvalue weighted by molar-refractivity contribution is 5.69. The highest BCUT2D eigenvalue weighted by Gasteiger charge is 2.03. The van der Waals surface area contributed by atoms with Crippen LogP contribution in [-0.2, 0) is 14.3 Å². The number of carboxylic acids is 1. The van der Waals surface area contributed by atoms with Crippen LogP contribution in [0, 0.1) is 0 Å². The summed E-state index contributed by atoms with van der Waals surface area (Å²) in [6.45, 7) is 0.632. The third-order valence-electron chi connectivity index (χ3n) is 2.34. The lowest BCUT2D eigenvalue weighted by Crippen LogP contribution is -2.06. The molecule has 0 aromatic heterocycles. The maximum absolute atomic E-state index is 11.2. The molecule has 0 aliphatic carbocycles. The first-order valence-electron chi connectivity index (χ1n) is 6.15. The monoisotopic (exact) mass is 246 g/mol. The summed E-state index contributed by atoms with van der Waals surface area (Å²) < 4.78 is 4.98. The fourth-order valence-electron chi connectivity index (χ4n) is 1.37. The predicted octanol–water partition coefficient (Wildman–Crippen LogP) is 1.73. The molecule has 17 heavy (non-hydrogen) atoms. The number of carbonyl (C=O) groups excluding carboxylic acids is 1. The Kier molecular flexibility index (Phi) is 10.7. The van der Waals surface area contributed by atoms with Crippen LogP contribution in [-0.4, -0.2) is 35.4 Å². The normalized spacial score (nSPS) is 10.2. The van der Waals surface area contributed by atoms with E-state index in [1.165, 1.54) is 0 Å². The zero-order valence-electron chi connectivity index (χ0n) is 10.2. The van der Waals surface area contributed by atoms with Crippen LogP contribution in [0.2, 0.25) is 0 Å². The van der Waals surface area contributed by atoms with Gasteiger partial charge in [-0.15, -0.1) is 0 Å². The first kappa shape index (κ1) is 15.9. The number of carbonyl (C=O) groups is 2. The molecule has 0 atom stereocenters. The standard InChI is InChI=1S/C12H22O5/c13-9-5-1-2-6-10-17-12(16)8-4-3-7-11(14)15/h13H,1-10H2,(H,14,15). The molecule has 0 aromatic rings. The summed E-state index contributed by atoms with van der Waals surface area (Å²) in [5, 5.41) is 16.9. The van der Waals surface area contributed by atoms with E-state index in [1.54, 1.807) is 0 Å². The van der Waals surface area contributed by atoms with Crippen molar-refractivity contribution >= 4 is 11.9 Å². The minimum absolute atomic E-state index is 0.106. The van der Waals surface area contributed by atoms with Crippen molar-refractivity contribution in [3.8, 4) is 0 Å². The number of esters is 1. The van der Waals surface area contributed by atoms with Crippen LogP contribution in [0.3, 0.4) is 0 Å². The summed E-state index contributed by atoms with van der Waals surface area (Å²) in [7, 11) is 0. The van der Waals surface area contributed by atoms with Gasteiger partial charge in [0.1, 0.15) is 0 Å².